The molecule has 1 aromatic carbocycles. The van der Waals surface area contributed by atoms with Gasteiger partial charge < -0.3 is 5.11 Å². The van der Waals surface area contributed by atoms with E-state index in [9.17, 15) is 9.18 Å². The quantitative estimate of drug-likeness (QED) is 0.802. The first-order valence-electron chi connectivity index (χ1n) is 4.67. The number of hydrogen-bond donors (Lipinski definition) is 1. The Morgan fingerprint density at radius 1 is 1.36 bits per heavy atom. The molecule has 0 spiro atoms. The number of benzene rings is 1. The maximum Gasteiger partial charge on any atom is 0.311 e. The SMILES string of the molecule is O=C(O)C(c1ccc(F)cc1)C1CC1. The summed E-state index contributed by atoms with van der Waals surface area (Å²) in [5.41, 5.74) is 0.710. The summed E-state index contributed by atoms with van der Waals surface area (Å²) < 4.78 is 12.6. The predicted molar refractivity (Wildman–Crippen MR) is 49.5 cm³/mol. The zero-order valence-electron chi connectivity index (χ0n) is 7.61. The molecule has 1 unspecified atom stereocenters. The topological polar surface area (TPSA) is 37.3 Å². The number of hydrogen-bond acceptors (Lipinski definition) is 1. The third kappa shape index (κ3) is 1.76. The van der Waals surface area contributed by atoms with Crippen molar-refractivity contribution < 1.29 is 14.3 Å². The van der Waals surface area contributed by atoms with Gasteiger partial charge in [0.15, 0.2) is 0 Å². The molecule has 1 N–H and O–H groups in total. The van der Waals surface area contributed by atoms with Crippen molar-refractivity contribution >= 4 is 5.97 Å². The van der Waals surface area contributed by atoms with Gasteiger partial charge in [-0.2, -0.15) is 0 Å². The Balaban J connectivity index is 2.26. The molecule has 0 amide bonds. The van der Waals surface area contributed by atoms with Crippen LogP contribution in [0.1, 0.15) is 24.3 Å². The van der Waals surface area contributed by atoms with Crippen LogP contribution in [-0.4, -0.2) is 11.1 Å². The molecule has 2 rings (SSSR count). The van der Waals surface area contributed by atoms with Gasteiger partial charge in [0, 0.05) is 0 Å². The summed E-state index contributed by atoms with van der Waals surface area (Å²) in [6.07, 6.45) is 1.93. The number of carboxylic acid groups (broad SMARTS) is 1. The Hall–Kier alpha value is -1.38. The van der Waals surface area contributed by atoms with Gasteiger partial charge in [-0.15, -0.1) is 0 Å². The van der Waals surface area contributed by atoms with Gasteiger partial charge in [0.2, 0.25) is 0 Å². The Bertz CT molecular complexity index is 341. The monoisotopic (exact) mass is 194 g/mol. The number of rotatable bonds is 3. The van der Waals surface area contributed by atoms with Crippen molar-refractivity contribution in [3.63, 3.8) is 0 Å². The molecule has 14 heavy (non-hydrogen) atoms. The highest BCUT2D eigenvalue weighted by Crippen LogP contribution is 2.42. The molecule has 1 saturated carbocycles. The first kappa shape index (κ1) is 9.19. The lowest BCUT2D eigenvalue weighted by Gasteiger charge is -2.10. The van der Waals surface area contributed by atoms with E-state index in [1.807, 2.05) is 0 Å². The summed E-state index contributed by atoms with van der Waals surface area (Å²) in [6, 6.07) is 5.75. The van der Waals surface area contributed by atoms with Crippen LogP contribution in [0.2, 0.25) is 0 Å². The van der Waals surface area contributed by atoms with E-state index in [-0.39, 0.29) is 11.7 Å². The second kappa shape index (κ2) is 3.40. The van der Waals surface area contributed by atoms with Crippen molar-refractivity contribution in [1.29, 1.82) is 0 Å². The molecule has 0 radical (unpaired) electrons. The van der Waals surface area contributed by atoms with E-state index in [4.69, 9.17) is 5.11 Å². The van der Waals surface area contributed by atoms with Gasteiger partial charge in [0.1, 0.15) is 5.82 Å². The molecule has 2 nitrogen and oxygen atoms in total. The minimum atomic E-state index is -0.806. The fraction of sp³-hybridized carbons (Fsp3) is 0.364. The van der Waals surface area contributed by atoms with Gasteiger partial charge >= 0.3 is 5.97 Å². The number of halogens is 1. The summed E-state index contributed by atoms with van der Waals surface area (Å²) in [7, 11) is 0. The van der Waals surface area contributed by atoms with Crippen molar-refractivity contribution in [2.45, 2.75) is 18.8 Å². The van der Waals surface area contributed by atoms with E-state index in [2.05, 4.69) is 0 Å². The zero-order valence-corrected chi connectivity index (χ0v) is 7.61. The summed E-state index contributed by atoms with van der Waals surface area (Å²) >= 11 is 0. The molecule has 3 heteroatoms. The van der Waals surface area contributed by atoms with E-state index in [1.165, 1.54) is 12.1 Å². The van der Waals surface area contributed by atoms with E-state index in [1.54, 1.807) is 12.1 Å². The zero-order chi connectivity index (χ0) is 10.1. The number of aliphatic carboxylic acids is 1. The van der Waals surface area contributed by atoms with Crippen LogP contribution in [0.4, 0.5) is 4.39 Å². The van der Waals surface area contributed by atoms with Gasteiger partial charge in [-0.05, 0) is 36.5 Å². The largest absolute Gasteiger partial charge is 0.481 e. The van der Waals surface area contributed by atoms with Gasteiger partial charge in [-0.25, -0.2) is 4.39 Å². The highest BCUT2D eigenvalue weighted by molar-refractivity contribution is 5.77. The normalized spacial score (nSPS) is 17.8. The molecule has 0 bridgehead atoms. The lowest BCUT2D eigenvalue weighted by molar-refractivity contribution is -0.139. The smallest absolute Gasteiger partial charge is 0.311 e. The molecule has 1 aliphatic rings. The van der Waals surface area contributed by atoms with Gasteiger partial charge in [-0.1, -0.05) is 12.1 Å². The Kier molecular flexibility index (Phi) is 2.23. The van der Waals surface area contributed by atoms with Gasteiger partial charge in [-0.3, -0.25) is 4.79 Å². The Morgan fingerprint density at radius 2 is 1.93 bits per heavy atom. The summed E-state index contributed by atoms with van der Waals surface area (Å²) in [6.45, 7) is 0. The summed E-state index contributed by atoms with van der Waals surface area (Å²) in [5.74, 6) is -1.33. The molecule has 0 saturated heterocycles. The molecule has 1 aliphatic carbocycles. The maximum atomic E-state index is 12.6. The van der Waals surface area contributed by atoms with E-state index in [0.29, 0.717) is 5.56 Å². The van der Waals surface area contributed by atoms with E-state index < -0.39 is 11.9 Å². The van der Waals surface area contributed by atoms with Crippen molar-refractivity contribution in [2.75, 3.05) is 0 Å². The maximum absolute atomic E-state index is 12.6. The molecular formula is C11H11FO2. The molecule has 0 heterocycles. The summed E-state index contributed by atoms with van der Waals surface area (Å²) in [4.78, 5) is 11.0. The summed E-state index contributed by atoms with van der Waals surface area (Å²) in [5, 5.41) is 9.01. The second-order valence-corrected chi connectivity index (χ2v) is 3.70. The number of carbonyl (C=O) groups is 1. The minimum absolute atomic E-state index is 0.248. The Labute approximate surface area is 81.4 Å². The predicted octanol–water partition coefficient (Wildman–Crippen LogP) is 2.40. The van der Waals surface area contributed by atoms with Crippen LogP contribution >= 0.6 is 0 Å². The van der Waals surface area contributed by atoms with Crippen molar-refractivity contribution in [1.82, 2.24) is 0 Å². The van der Waals surface area contributed by atoms with E-state index >= 15 is 0 Å². The lowest BCUT2D eigenvalue weighted by atomic mass is 9.94. The molecule has 74 valence electrons. The fourth-order valence-electron chi connectivity index (χ4n) is 1.72. The molecule has 1 atom stereocenters. The number of carboxylic acids is 1. The first-order chi connectivity index (χ1) is 6.68. The Morgan fingerprint density at radius 3 is 2.36 bits per heavy atom. The van der Waals surface area contributed by atoms with Crippen molar-refractivity contribution in [3.05, 3.63) is 35.6 Å². The average Bonchev–Trinajstić information content (AvgIpc) is 2.92. The third-order valence-corrected chi connectivity index (χ3v) is 2.59. The van der Waals surface area contributed by atoms with Crippen LogP contribution < -0.4 is 0 Å². The minimum Gasteiger partial charge on any atom is -0.481 e. The fourth-order valence-corrected chi connectivity index (χ4v) is 1.72. The molecule has 0 aromatic heterocycles. The molecule has 1 aromatic rings. The molecular weight excluding hydrogens is 183 g/mol. The first-order valence-corrected chi connectivity index (χ1v) is 4.67. The lowest BCUT2D eigenvalue weighted by Crippen LogP contribution is -2.13. The molecule has 0 aliphatic heterocycles. The second-order valence-electron chi connectivity index (χ2n) is 3.70. The van der Waals surface area contributed by atoms with Crippen molar-refractivity contribution in [3.8, 4) is 0 Å². The van der Waals surface area contributed by atoms with Crippen LogP contribution in [-0.2, 0) is 4.79 Å². The van der Waals surface area contributed by atoms with Gasteiger partial charge in [0.05, 0.1) is 5.92 Å². The highest BCUT2D eigenvalue weighted by Gasteiger charge is 2.37. The molecule has 1 fully saturated rings. The standard InChI is InChI=1S/C11H11FO2/c12-9-5-3-8(4-6-9)10(11(13)14)7-1-2-7/h3-7,10H,1-2H2,(H,13,14). The van der Waals surface area contributed by atoms with Gasteiger partial charge in [0.25, 0.3) is 0 Å². The highest BCUT2D eigenvalue weighted by atomic mass is 19.1. The van der Waals surface area contributed by atoms with Crippen LogP contribution in [0.3, 0.4) is 0 Å². The van der Waals surface area contributed by atoms with Crippen LogP contribution in [0.25, 0.3) is 0 Å². The third-order valence-electron chi connectivity index (χ3n) is 2.59. The van der Waals surface area contributed by atoms with Crippen LogP contribution in [0.15, 0.2) is 24.3 Å². The average molecular weight is 194 g/mol. The van der Waals surface area contributed by atoms with E-state index in [0.717, 1.165) is 12.8 Å². The van der Waals surface area contributed by atoms with Crippen molar-refractivity contribution in [2.24, 2.45) is 5.92 Å². The van der Waals surface area contributed by atoms with Crippen LogP contribution in [0, 0.1) is 11.7 Å². The van der Waals surface area contributed by atoms with Crippen LogP contribution in [0.5, 0.6) is 0 Å².